The molecule has 0 saturated heterocycles. The zero-order chi connectivity index (χ0) is 18.3. The molecule has 1 N–H and O–H groups in total. The van der Waals surface area contributed by atoms with Crippen LogP contribution in [0.4, 0.5) is 5.69 Å². The van der Waals surface area contributed by atoms with Crippen molar-refractivity contribution in [3.05, 3.63) is 39.5 Å². The summed E-state index contributed by atoms with van der Waals surface area (Å²) in [5.74, 6) is -1.87. The third-order valence-corrected chi connectivity index (χ3v) is 3.40. The summed E-state index contributed by atoms with van der Waals surface area (Å²) >= 11 is 12.1. The van der Waals surface area contributed by atoms with Gasteiger partial charge >= 0.3 is 11.9 Å². The van der Waals surface area contributed by atoms with Gasteiger partial charge in [-0.05, 0) is 32.9 Å². The Hall–Kier alpha value is -2.05. The number of hydrogen-bond acceptors (Lipinski definition) is 6. The Morgan fingerprint density at radius 2 is 1.75 bits per heavy atom. The maximum atomic E-state index is 11.9. The summed E-state index contributed by atoms with van der Waals surface area (Å²) in [5, 5.41) is 3.00. The first-order chi connectivity index (χ1) is 11.3. The molecule has 8 heteroatoms. The highest BCUT2D eigenvalue weighted by Gasteiger charge is 2.18. The summed E-state index contributed by atoms with van der Waals surface area (Å²) in [4.78, 5) is 35.2. The number of carbonyl (C=O) groups excluding carboxylic acids is 3. The van der Waals surface area contributed by atoms with Crippen molar-refractivity contribution in [1.29, 1.82) is 0 Å². The number of esters is 2. The molecule has 0 amide bonds. The summed E-state index contributed by atoms with van der Waals surface area (Å²) in [5.41, 5.74) is 0.128. The number of rotatable bonds is 7. The van der Waals surface area contributed by atoms with E-state index in [1.807, 2.05) is 0 Å². The average Bonchev–Trinajstić information content (AvgIpc) is 2.50. The van der Waals surface area contributed by atoms with E-state index >= 15 is 0 Å². The lowest BCUT2D eigenvalue weighted by molar-refractivity contribution is -0.139. The first-order valence-corrected chi connectivity index (χ1v) is 7.88. The number of ether oxygens (including phenoxy) is 2. The molecule has 1 rings (SSSR count). The highest BCUT2D eigenvalue weighted by atomic mass is 35.5. The first-order valence-electron chi connectivity index (χ1n) is 7.12. The van der Waals surface area contributed by atoms with Gasteiger partial charge in [-0.1, -0.05) is 23.2 Å². The Kier molecular flexibility index (Phi) is 7.74. The molecule has 0 atom stereocenters. The largest absolute Gasteiger partial charge is 0.462 e. The molecular formula is C16H17Cl2NO5. The van der Waals surface area contributed by atoms with Crippen LogP contribution in [0.5, 0.6) is 0 Å². The van der Waals surface area contributed by atoms with Gasteiger partial charge in [0.15, 0.2) is 5.78 Å². The van der Waals surface area contributed by atoms with E-state index in [-0.39, 0.29) is 40.1 Å². The molecule has 0 saturated carbocycles. The molecule has 24 heavy (non-hydrogen) atoms. The molecule has 0 unspecified atom stereocenters. The minimum Gasteiger partial charge on any atom is -0.462 e. The number of Topliss-reactive ketones (excluding diaryl/α,β-unsaturated/α-hetero) is 1. The van der Waals surface area contributed by atoms with Crippen molar-refractivity contribution < 1.29 is 23.9 Å². The van der Waals surface area contributed by atoms with Crippen LogP contribution in [-0.2, 0) is 19.1 Å². The van der Waals surface area contributed by atoms with E-state index in [2.05, 4.69) is 5.32 Å². The van der Waals surface area contributed by atoms with Gasteiger partial charge < -0.3 is 14.8 Å². The molecule has 0 fully saturated rings. The third-order valence-electron chi connectivity index (χ3n) is 2.78. The van der Waals surface area contributed by atoms with E-state index in [4.69, 9.17) is 32.7 Å². The van der Waals surface area contributed by atoms with E-state index in [0.717, 1.165) is 6.20 Å². The lowest BCUT2D eigenvalue weighted by atomic mass is 10.2. The number of nitrogens with one attached hydrogen (secondary N) is 1. The lowest BCUT2D eigenvalue weighted by Crippen LogP contribution is -2.15. The van der Waals surface area contributed by atoms with Crippen LogP contribution in [0.2, 0.25) is 10.0 Å². The number of halogens is 2. The molecule has 1 aromatic carbocycles. The summed E-state index contributed by atoms with van der Waals surface area (Å²) in [7, 11) is 0. The minimum atomic E-state index is -0.763. The molecule has 0 aromatic heterocycles. The van der Waals surface area contributed by atoms with Crippen molar-refractivity contribution in [3.8, 4) is 0 Å². The SMILES string of the molecule is CCOC(=O)C(=CNc1cc(Cl)cc(C(=O)OCC)c1Cl)C(C)=O. The van der Waals surface area contributed by atoms with Crippen LogP contribution in [0.15, 0.2) is 23.9 Å². The quantitative estimate of drug-likeness (QED) is 0.340. The summed E-state index contributed by atoms with van der Waals surface area (Å²) < 4.78 is 9.70. The second-order valence-electron chi connectivity index (χ2n) is 4.51. The second-order valence-corrected chi connectivity index (χ2v) is 5.33. The number of benzene rings is 1. The maximum absolute atomic E-state index is 11.9. The molecule has 0 heterocycles. The molecule has 130 valence electrons. The fraction of sp³-hybridized carbons (Fsp3) is 0.312. The number of hydrogen-bond donors (Lipinski definition) is 1. The fourth-order valence-electron chi connectivity index (χ4n) is 1.71. The molecule has 0 bridgehead atoms. The lowest BCUT2D eigenvalue weighted by Gasteiger charge is -2.11. The zero-order valence-corrected chi connectivity index (χ0v) is 15.0. The van der Waals surface area contributed by atoms with Crippen LogP contribution in [-0.4, -0.2) is 30.9 Å². The molecule has 0 aliphatic heterocycles. The second kappa shape index (κ2) is 9.30. The summed E-state index contributed by atoms with van der Waals surface area (Å²) in [6.45, 7) is 4.84. The van der Waals surface area contributed by atoms with Gasteiger partial charge in [0.2, 0.25) is 0 Å². The molecule has 0 aliphatic carbocycles. The van der Waals surface area contributed by atoms with Crippen molar-refractivity contribution in [1.82, 2.24) is 0 Å². The summed E-state index contributed by atoms with van der Waals surface area (Å²) in [6, 6.07) is 2.82. The Morgan fingerprint density at radius 1 is 1.12 bits per heavy atom. The van der Waals surface area contributed by atoms with Crippen molar-refractivity contribution >= 4 is 46.6 Å². The van der Waals surface area contributed by atoms with Crippen LogP contribution in [0.1, 0.15) is 31.1 Å². The molecule has 0 aliphatic rings. The topological polar surface area (TPSA) is 81.7 Å². The van der Waals surface area contributed by atoms with Crippen molar-refractivity contribution in [3.63, 3.8) is 0 Å². The highest BCUT2D eigenvalue weighted by molar-refractivity contribution is 6.38. The van der Waals surface area contributed by atoms with Crippen molar-refractivity contribution in [2.24, 2.45) is 0 Å². The van der Waals surface area contributed by atoms with E-state index in [1.54, 1.807) is 13.8 Å². The Morgan fingerprint density at radius 3 is 2.29 bits per heavy atom. The normalized spacial score (nSPS) is 11.0. The van der Waals surface area contributed by atoms with E-state index in [9.17, 15) is 14.4 Å². The van der Waals surface area contributed by atoms with E-state index < -0.39 is 17.7 Å². The standard InChI is InChI=1S/C16H17Cl2NO5/c1-4-23-15(21)11-6-10(17)7-13(14(11)18)19-8-12(9(3)20)16(22)24-5-2/h6-8,19H,4-5H2,1-3H3. The van der Waals surface area contributed by atoms with Crippen molar-refractivity contribution in [2.45, 2.75) is 20.8 Å². The van der Waals surface area contributed by atoms with Crippen LogP contribution in [0.3, 0.4) is 0 Å². The number of anilines is 1. The maximum Gasteiger partial charge on any atom is 0.343 e. The highest BCUT2D eigenvalue weighted by Crippen LogP contribution is 2.31. The van der Waals surface area contributed by atoms with Gasteiger partial charge in [-0.25, -0.2) is 9.59 Å². The van der Waals surface area contributed by atoms with E-state index in [0.29, 0.717) is 0 Å². The predicted octanol–water partition coefficient (Wildman–Crippen LogP) is 3.62. The molecule has 0 radical (unpaired) electrons. The van der Waals surface area contributed by atoms with Crippen LogP contribution in [0, 0.1) is 0 Å². The summed E-state index contributed by atoms with van der Waals surface area (Å²) in [6.07, 6.45) is 1.16. The third kappa shape index (κ3) is 5.25. The first kappa shape index (κ1) is 20.0. The Balaban J connectivity index is 3.18. The number of carbonyl (C=O) groups is 3. The number of ketones is 1. The van der Waals surface area contributed by atoms with Gasteiger partial charge in [-0.2, -0.15) is 0 Å². The Bertz CT molecular complexity index is 685. The molecular weight excluding hydrogens is 357 g/mol. The molecule has 0 spiro atoms. The minimum absolute atomic E-state index is 0.0564. The molecule has 6 nitrogen and oxygen atoms in total. The Labute approximate surface area is 149 Å². The van der Waals surface area contributed by atoms with Gasteiger partial charge in [0.25, 0.3) is 0 Å². The van der Waals surface area contributed by atoms with Crippen LogP contribution < -0.4 is 5.32 Å². The monoisotopic (exact) mass is 373 g/mol. The smallest absolute Gasteiger partial charge is 0.343 e. The zero-order valence-electron chi connectivity index (χ0n) is 13.4. The predicted molar refractivity (Wildman–Crippen MR) is 91.4 cm³/mol. The van der Waals surface area contributed by atoms with E-state index in [1.165, 1.54) is 19.1 Å². The van der Waals surface area contributed by atoms with Gasteiger partial charge in [-0.15, -0.1) is 0 Å². The van der Waals surface area contributed by atoms with Gasteiger partial charge in [-0.3, -0.25) is 4.79 Å². The van der Waals surface area contributed by atoms with Crippen molar-refractivity contribution in [2.75, 3.05) is 18.5 Å². The van der Waals surface area contributed by atoms with Crippen LogP contribution >= 0.6 is 23.2 Å². The average molecular weight is 374 g/mol. The molecule has 1 aromatic rings. The fourth-order valence-corrected chi connectivity index (χ4v) is 2.17. The van der Waals surface area contributed by atoms with Gasteiger partial charge in [0.05, 0.1) is 29.5 Å². The van der Waals surface area contributed by atoms with Crippen LogP contribution in [0.25, 0.3) is 0 Å². The van der Waals surface area contributed by atoms with Gasteiger partial charge in [0, 0.05) is 11.2 Å². The van der Waals surface area contributed by atoms with Gasteiger partial charge in [0.1, 0.15) is 5.57 Å².